The molecule has 1 aromatic rings. The first-order chi connectivity index (χ1) is 7.36. The van der Waals surface area contributed by atoms with Crippen LogP contribution in [0, 0.1) is 0 Å². The Bertz CT molecular complexity index is 295. The fourth-order valence-corrected chi connectivity index (χ4v) is 1.16. The van der Waals surface area contributed by atoms with E-state index in [4.69, 9.17) is 23.7 Å². The zero-order valence-electron chi connectivity index (χ0n) is 9.42. The van der Waals surface area contributed by atoms with Gasteiger partial charge in [-0.2, -0.15) is 0 Å². The van der Waals surface area contributed by atoms with Crippen molar-refractivity contribution in [3.8, 4) is 0 Å². The molecule has 0 spiro atoms. The van der Waals surface area contributed by atoms with Crippen LogP contribution in [-0.4, -0.2) is 22.9 Å². The highest BCUT2D eigenvalue weighted by Crippen LogP contribution is 2.18. The fraction of sp³-hybridized carbons (Fsp3) is 0.556. The van der Waals surface area contributed by atoms with Crippen LogP contribution in [-0.2, 0) is 11.1 Å². The lowest BCUT2D eigenvalue weighted by Gasteiger charge is -2.12. The minimum absolute atomic E-state index is 1.01. The van der Waals surface area contributed by atoms with E-state index in [1.807, 2.05) is 12.1 Å². The molecule has 94 valence electrons. The van der Waals surface area contributed by atoms with Crippen molar-refractivity contribution in [3.05, 3.63) is 24.2 Å². The van der Waals surface area contributed by atoms with Crippen molar-refractivity contribution in [2.75, 3.05) is 13.1 Å². The van der Waals surface area contributed by atoms with Crippen LogP contribution in [0.1, 0.15) is 19.6 Å². The van der Waals surface area contributed by atoms with Gasteiger partial charge in [-0.15, -0.1) is 0 Å². The molecule has 1 aromatic heterocycles. The summed E-state index contributed by atoms with van der Waals surface area (Å²) in [6, 6.07) is 3.98. The maximum Gasteiger partial charge on any atom is 0.262 e. The molecule has 0 amide bonds. The highest BCUT2D eigenvalue weighted by Gasteiger charge is 2.04. The Morgan fingerprint density at radius 3 is 2.25 bits per heavy atom. The summed E-state index contributed by atoms with van der Waals surface area (Å²) in [6.45, 7) is 7.73. The number of phosphoric acid groups is 1. The summed E-state index contributed by atoms with van der Waals surface area (Å²) in [5.74, 6) is 1.09. The Balaban J connectivity index is 0.000000385. The Kier molecular flexibility index (Phi) is 7.29. The van der Waals surface area contributed by atoms with Crippen LogP contribution in [0.4, 0.5) is 0 Å². The third-order valence-electron chi connectivity index (χ3n) is 2.00. The molecule has 0 aliphatic rings. The van der Waals surface area contributed by atoms with Gasteiger partial charge < -0.3 is 24.0 Å². The van der Waals surface area contributed by atoms with E-state index in [-0.39, 0.29) is 0 Å². The molecule has 0 bridgehead atoms. The van der Waals surface area contributed by atoms with Crippen molar-refractivity contribution in [2.24, 2.45) is 0 Å². The number of hydrogen-bond donors (Lipinski definition) is 3. The highest BCUT2D eigenvalue weighted by molar-refractivity contribution is 7.43. The van der Waals surface area contributed by atoms with Gasteiger partial charge >= 0.3 is 0 Å². The van der Waals surface area contributed by atoms with Gasteiger partial charge in [-0.25, -0.2) is 0 Å². The van der Waals surface area contributed by atoms with E-state index in [1.54, 1.807) is 11.2 Å². The number of nitrogens with one attached hydrogen (secondary N) is 1. The van der Waals surface area contributed by atoms with E-state index < -0.39 is 7.82 Å². The van der Waals surface area contributed by atoms with Gasteiger partial charge in [0.15, 0.2) is 5.76 Å². The highest BCUT2D eigenvalue weighted by atomic mass is 31.2. The largest absolute Gasteiger partial charge is 0.756 e. The second-order valence-electron chi connectivity index (χ2n) is 3.20. The molecule has 16 heavy (non-hydrogen) atoms. The maximum absolute atomic E-state index is 8.77. The number of furan rings is 1. The normalized spacial score (nSPS) is 11.1. The molecule has 0 saturated heterocycles. The third-order valence-corrected chi connectivity index (χ3v) is 2.00. The molecule has 0 aliphatic carbocycles. The fourth-order valence-electron chi connectivity index (χ4n) is 1.16. The summed E-state index contributed by atoms with van der Waals surface area (Å²) in [4.78, 5) is 24.5. The van der Waals surface area contributed by atoms with E-state index in [0.717, 1.165) is 25.4 Å². The van der Waals surface area contributed by atoms with E-state index in [9.17, 15) is 0 Å². The molecule has 6 nitrogen and oxygen atoms in total. The van der Waals surface area contributed by atoms with Crippen molar-refractivity contribution in [2.45, 2.75) is 20.4 Å². The predicted molar refractivity (Wildman–Crippen MR) is 56.5 cm³/mol. The first-order valence-electron chi connectivity index (χ1n) is 4.99. The van der Waals surface area contributed by atoms with Crippen molar-refractivity contribution in [3.63, 3.8) is 0 Å². The quantitative estimate of drug-likeness (QED) is 0.605. The predicted octanol–water partition coefficient (Wildman–Crippen LogP) is -0.856. The Morgan fingerprint density at radius 2 is 1.94 bits per heavy atom. The molecule has 0 unspecified atom stereocenters. The van der Waals surface area contributed by atoms with Gasteiger partial charge in [-0.3, -0.25) is 4.57 Å². The Labute approximate surface area is 94.7 Å². The van der Waals surface area contributed by atoms with Gasteiger partial charge in [0, 0.05) is 0 Å². The number of hydrogen-bond acceptors (Lipinski definition) is 3. The van der Waals surface area contributed by atoms with Gasteiger partial charge in [0.25, 0.3) is 7.82 Å². The van der Waals surface area contributed by atoms with Crippen molar-refractivity contribution < 1.29 is 28.6 Å². The van der Waals surface area contributed by atoms with Gasteiger partial charge in [-0.1, -0.05) is 0 Å². The first kappa shape index (κ1) is 15.3. The molecule has 0 saturated carbocycles. The number of rotatable bonds is 4. The van der Waals surface area contributed by atoms with E-state index in [2.05, 4.69) is 13.8 Å². The molecule has 0 aromatic carbocycles. The Morgan fingerprint density at radius 1 is 1.44 bits per heavy atom. The molecule has 0 atom stereocenters. The average molecular weight is 251 g/mol. The zero-order valence-corrected chi connectivity index (χ0v) is 10.3. The van der Waals surface area contributed by atoms with Crippen LogP contribution < -0.4 is 9.79 Å². The molecule has 0 fully saturated rings. The summed E-state index contributed by atoms with van der Waals surface area (Å²) in [7, 11) is -4.89. The SMILES string of the molecule is CC[NH+](CC)Cc1ccco1.O=P([O-])(O)O. The van der Waals surface area contributed by atoms with Gasteiger partial charge in [0.1, 0.15) is 6.54 Å². The third kappa shape index (κ3) is 9.89. The lowest BCUT2D eigenvalue weighted by molar-refractivity contribution is -0.911. The second-order valence-corrected chi connectivity index (χ2v) is 4.18. The summed E-state index contributed by atoms with van der Waals surface area (Å²) in [6.07, 6.45) is 1.73. The van der Waals surface area contributed by atoms with E-state index in [0.29, 0.717) is 0 Å². The zero-order chi connectivity index (χ0) is 12.6. The standard InChI is InChI=1S/C9H15NO.H3O4P/c1-3-10(4-2)8-9-6-5-7-11-9;1-5(2,3)4/h5-7H,3-4,8H2,1-2H3;(H3,1,2,3,4). The molecule has 0 radical (unpaired) electrons. The number of quaternary nitrogens is 1. The van der Waals surface area contributed by atoms with Crippen LogP contribution in [0.2, 0.25) is 0 Å². The lowest BCUT2D eigenvalue weighted by Crippen LogP contribution is -3.10. The average Bonchev–Trinajstić information content (AvgIpc) is 2.63. The second kappa shape index (κ2) is 7.60. The molecule has 1 heterocycles. The summed E-state index contributed by atoms with van der Waals surface area (Å²) in [5.41, 5.74) is 0. The molecule has 3 N–H and O–H groups in total. The van der Waals surface area contributed by atoms with E-state index in [1.165, 1.54) is 0 Å². The van der Waals surface area contributed by atoms with Crippen molar-refractivity contribution >= 4 is 7.82 Å². The summed E-state index contributed by atoms with van der Waals surface area (Å²) in [5, 5.41) is 0. The van der Waals surface area contributed by atoms with Crippen LogP contribution in [0.25, 0.3) is 0 Å². The van der Waals surface area contributed by atoms with Gasteiger partial charge in [-0.05, 0) is 26.0 Å². The molecular weight excluding hydrogens is 233 g/mol. The molecule has 0 aliphatic heterocycles. The minimum atomic E-state index is -4.89. The van der Waals surface area contributed by atoms with Crippen LogP contribution in [0.15, 0.2) is 22.8 Å². The van der Waals surface area contributed by atoms with Gasteiger partial charge in [0.05, 0.1) is 19.4 Å². The van der Waals surface area contributed by atoms with Crippen molar-refractivity contribution in [1.82, 2.24) is 0 Å². The lowest BCUT2D eigenvalue weighted by atomic mass is 10.4. The minimum Gasteiger partial charge on any atom is -0.756 e. The van der Waals surface area contributed by atoms with Crippen LogP contribution in [0.3, 0.4) is 0 Å². The first-order valence-corrected chi connectivity index (χ1v) is 6.52. The van der Waals surface area contributed by atoms with Crippen LogP contribution in [0.5, 0.6) is 0 Å². The van der Waals surface area contributed by atoms with Gasteiger partial charge in [0.2, 0.25) is 0 Å². The van der Waals surface area contributed by atoms with Crippen molar-refractivity contribution in [1.29, 1.82) is 0 Å². The van der Waals surface area contributed by atoms with Crippen LogP contribution >= 0.6 is 7.82 Å². The summed E-state index contributed by atoms with van der Waals surface area (Å²) < 4.78 is 14.0. The molecule has 1 rings (SSSR count). The smallest absolute Gasteiger partial charge is 0.262 e. The monoisotopic (exact) mass is 251 g/mol. The molecule has 7 heteroatoms. The maximum atomic E-state index is 8.77. The summed E-state index contributed by atoms with van der Waals surface area (Å²) >= 11 is 0. The van der Waals surface area contributed by atoms with E-state index >= 15 is 0 Å². The molecular formula is C9H18NO5P. The topological polar surface area (TPSA) is 98.2 Å². The Hall–Kier alpha value is -0.650.